The fourth-order valence-corrected chi connectivity index (χ4v) is 2.62. The number of aromatic carboxylic acids is 1. The van der Waals surface area contributed by atoms with E-state index in [1.165, 1.54) is 16.9 Å². The van der Waals surface area contributed by atoms with E-state index in [9.17, 15) is 4.79 Å². The Kier molecular flexibility index (Phi) is 3.74. The molecular weight excluding hydrogens is 248 g/mol. The van der Waals surface area contributed by atoms with Gasteiger partial charge in [-0.2, -0.15) is 0 Å². The van der Waals surface area contributed by atoms with Crippen LogP contribution >= 0.6 is 11.3 Å². The second kappa shape index (κ2) is 5.29. The Hall–Kier alpha value is -1.72. The molecule has 2 rings (SSSR count). The molecule has 0 aliphatic carbocycles. The minimum absolute atomic E-state index is 0.0877. The van der Waals surface area contributed by atoms with Crippen LogP contribution in [0.15, 0.2) is 24.3 Å². The number of thiazole rings is 1. The number of benzene rings is 1. The zero-order chi connectivity index (χ0) is 13.1. The maximum Gasteiger partial charge on any atom is 0.356 e. The average Bonchev–Trinajstić information content (AvgIpc) is 2.83. The van der Waals surface area contributed by atoms with Crippen LogP contribution < -0.4 is 5.73 Å². The molecule has 0 spiro atoms. The highest BCUT2D eigenvalue weighted by atomic mass is 32.1. The number of aromatic nitrogens is 1. The van der Waals surface area contributed by atoms with E-state index < -0.39 is 5.97 Å². The van der Waals surface area contributed by atoms with Crippen molar-refractivity contribution in [2.24, 2.45) is 5.73 Å². The standard InChI is InChI=1S/C13H14N2O2S/c1-2-8-3-5-9(6-4-8)12-11(13(16)17)15-10(7-14)18-12/h3-6H,2,7,14H2,1H3,(H,16,17). The molecule has 1 aromatic carbocycles. The molecule has 3 N–H and O–H groups in total. The molecule has 0 saturated carbocycles. The highest BCUT2D eigenvalue weighted by Crippen LogP contribution is 2.30. The Morgan fingerprint density at radius 2 is 2.06 bits per heavy atom. The monoisotopic (exact) mass is 262 g/mol. The Bertz CT molecular complexity index is 561. The van der Waals surface area contributed by atoms with Crippen molar-refractivity contribution in [2.45, 2.75) is 19.9 Å². The summed E-state index contributed by atoms with van der Waals surface area (Å²) in [6.45, 7) is 2.34. The van der Waals surface area contributed by atoms with Gasteiger partial charge in [-0.05, 0) is 17.5 Å². The lowest BCUT2D eigenvalue weighted by Gasteiger charge is -2.01. The minimum Gasteiger partial charge on any atom is -0.476 e. The molecule has 0 aliphatic rings. The fraction of sp³-hybridized carbons (Fsp3) is 0.231. The number of carbonyl (C=O) groups is 1. The number of hydrogen-bond donors (Lipinski definition) is 2. The van der Waals surface area contributed by atoms with Gasteiger partial charge in [0.2, 0.25) is 0 Å². The van der Waals surface area contributed by atoms with E-state index in [4.69, 9.17) is 10.8 Å². The van der Waals surface area contributed by atoms with Crippen LogP contribution in [0.25, 0.3) is 10.4 Å². The Balaban J connectivity index is 2.47. The summed E-state index contributed by atoms with van der Waals surface area (Å²) in [6.07, 6.45) is 0.961. The van der Waals surface area contributed by atoms with Gasteiger partial charge in [0, 0.05) is 6.54 Å². The van der Waals surface area contributed by atoms with E-state index in [0.717, 1.165) is 12.0 Å². The van der Waals surface area contributed by atoms with Gasteiger partial charge in [0.25, 0.3) is 0 Å². The molecule has 5 heteroatoms. The lowest BCUT2D eigenvalue weighted by molar-refractivity contribution is 0.0692. The molecule has 18 heavy (non-hydrogen) atoms. The average molecular weight is 262 g/mol. The molecule has 0 aliphatic heterocycles. The zero-order valence-electron chi connectivity index (χ0n) is 10.0. The SMILES string of the molecule is CCc1ccc(-c2sc(CN)nc2C(=O)O)cc1. The van der Waals surface area contributed by atoms with Crippen molar-refractivity contribution in [1.82, 2.24) is 4.98 Å². The summed E-state index contributed by atoms with van der Waals surface area (Å²) in [5.74, 6) is -1.01. The van der Waals surface area contributed by atoms with E-state index in [1.54, 1.807) is 0 Å². The summed E-state index contributed by atoms with van der Waals surface area (Å²) < 4.78 is 0. The molecular formula is C13H14N2O2S. The molecule has 0 amide bonds. The number of rotatable bonds is 4. The molecule has 1 heterocycles. The van der Waals surface area contributed by atoms with Crippen LogP contribution in [0.4, 0.5) is 0 Å². The number of carboxylic acid groups (broad SMARTS) is 1. The van der Waals surface area contributed by atoms with Crippen molar-refractivity contribution >= 4 is 17.3 Å². The smallest absolute Gasteiger partial charge is 0.356 e. The van der Waals surface area contributed by atoms with Crippen molar-refractivity contribution in [1.29, 1.82) is 0 Å². The summed E-state index contributed by atoms with van der Waals surface area (Å²) in [4.78, 5) is 15.9. The number of nitrogens with zero attached hydrogens (tertiary/aromatic N) is 1. The molecule has 1 aromatic heterocycles. The maximum absolute atomic E-state index is 11.2. The highest BCUT2D eigenvalue weighted by Gasteiger charge is 2.18. The number of carboxylic acids is 1. The van der Waals surface area contributed by atoms with Crippen molar-refractivity contribution < 1.29 is 9.90 Å². The van der Waals surface area contributed by atoms with Crippen LogP contribution in [-0.4, -0.2) is 16.1 Å². The summed E-state index contributed by atoms with van der Waals surface area (Å²) in [6, 6.07) is 7.86. The van der Waals surface area contributed by atoms with Gasteiger partial charge >= 0.3 is 5.97 Å². The molecule has 0 radical (unpaired) electrons. The molecule has 0 fully saturated rings. The molecule has 2 aromatic rings. The second-order valence-electron chi connectivity index (χ2n) is 3.85. The predicted octanol–water partition coefficient (Wildman–Crippen LogP) is 2.53. The van der Waals surface area contributed by atoms with E-state index in [2.05, 4.69) is 11.9 Å². The van der Waals surface area contributed by atoms with Crippen LogP contribution in [0.3, 0.4) is 0 Å². The van der Waals surface area contributed by atoms with Gasteiger partial charge in [0.1, 0.15) is 5.01 Å². The third kappa shape index (κ3) is 2.42. The predicted molar refractivity (Wildman–Crippen MR) is 71.8 cm³/mol. The summed E-state index contributed by atoms with van der Waals surface area (Å²) in [7, 11) is 0. The molecule has 94 valence electrons. The highest BCUT2D eigenvalue weighted by molar-refractivity contribution is 7.15. The Morgan fingerprint density at radius 1 is 1.39 bits per heavy atom. The van der Waals surface area contributed by atoms with E-state index >= 15 is 0 Å². The first-order valence-corrected chi connectivity index (χ1v) is 6.49. The van der Waals surface area contributed by atoms with Crippen LogP contribution in [0, 0.1) is 0 Å². The third-order valence-corrected chi connectivity index (χ3v) is 3.80. The van der Waals surface area contributed by atoms with Crippen LogP contribution in [-0.2, 0) is 13.0 Å². The summed E-state index contributed by atoms with van der Waals surface area (Å²) in [5, 5.41) is 9.78. The van der Waals surface area contributed by atoms with Gasteiger partial charge in [0.15, 0.2) is 5.69 Å². The van der Waals surface area contributed by atoms with Crippen molar-refractivity contribution in [2.75, 3.05) is 0 Å². The summed E-state index contributed by atoms with van der Waals surface area (Å²) in [5.41, 5.74) is 7.70. The van der Waals surface area contributed by atoms with Crippen molar-refractivity contribution in [3.63, 3.8) is 0 Å². The summed E-state index contributed by atoms with van der Waals surface area (Å²) >= 11 is 1.34. The van der Waals surface area contributed by atoms with Gasteiger partial charge in [-0.3, -0.25) is 0 Å². The van der Waals surface area contributed by atoms with E-state index in [1.807, 2.05) is 24.3 Å². The van der Waals surface area contributed by atoms with Gasteiger partial charge in [0.05, 0.1) is 4.88 Å². The first-order chi connectivity index (χ1) is 8.65. The quantitative estimate of drug-likeness (QED) is 0.887. The molecule has 0 bridgehead atoms. The van der Waals surface area contributed by atoms with Crippen LogP contribution in [0.2, 0.25) is 0 Å². The fourth-order valence-electron chi connectivity index (χ4n) is 1.68. The Morgan fingerprint density at radius 3 is 2.56 bits per heavy atom. The minimum atomic E-state index is -1.01. The van der Waals surface area contributed by atoms with Crippen LogP contribution in [0.1, 0.15) is 28.0 Å². The molecule has 0 atom stereocenters. The van der Waals surface area contributed by atoms with Gasteiger partial charge in [-0.15, -0.1) is 11.3 Å². The lowest BCUT2D eigenvalue weighted by Crippen LogP contribution is -2.01. The van der Waals surface area contributed by atoms with Gasteiger partial charge in [-0.1, -0.05) is 31.2 Å². The van der Waals surface area contributed by atoms with E-state index in [0.29, 0.717) is 9.88 Å². The van der Waals surface area contributed by atoms with Crippen molar-refractivity contribution in [3.8, 4) is 10.4 Å². The molecule has 0 saturated heterocycles. The zero-order valence-corrected chi connectivity index (χ0v) is 10.8. The third-order valence-electron chi connectivity index (χ3n) is 2.67. The van der Waals surface area contributed by atoms with E-state index in [-0.39, 0.29) is 12.2 Å². The van der Waals surface area contributed by atoms with Crippen LogP contribution in [0.5, 0.6) is 0 Å². The first kappa shape index (κ1) is 12.7. The largest absolute Gasteiger partial charge is 0.476 e. The second-order valence-corrected chi connectivity index (χ2v) is 4.93. The maximum atomic E-state index is 11.2. The molecule has 4 nitrogen and oxygen atoms in total. The number of nitrogens with two attached hydrogens (primary N) is 1. The van der Waals surface area contributed by atoms with Gasteiger partial charge < -0.3 is 10.8 Å². The molecule has 0 unspecified atom stereocenters. The first-order valence-electron chi connectivity index (χ1n) is 5.68. The Labute approximate surface area is 109 Å². The normalized spacial score (nSPS) is 10.6. The van der Waals surface area contributed by atoms with Crippen molar-refractivity contribution in [3.05, 3.63) is 40.5 Å². The number of hydrogen-bond acceptors (Lipinski definition) is 4. The number of aryl methyl sites for hydroxylation is 1. The van der Waals surface area contributed by atoms with Gasteiger partial charge in [-0.25, -0.2) is 9.78 Å². The lowest BCUT2D eigenvalue weighted by atomic mass is 10.1. The topological polar surface area (TPSA) is 76.2 Å².